The van der Waals surface area contributed by atoms with Gasteiger partial charge in [-0.15, -0.1) is 0 Å². The van der Waals surface area contributed by atoms with Crippen LogP contribution < -0.4 is 31.2 Å². The third-order valence-electron chi connectivity index (χ3n) is 5.11. The highest BCUT2D eigenvalue weighted by molar-refractivity contribution is 7.90. The van der Waals surface area contributed by atoms with E-state index in [0.717, 1.165) is 6.26 Å². The Hall–Kier alpha value is -2.86. The van der Waals surface area contributed by atoms with E-state index in [0.29, 0.717) is 22.0 Å². The Balaban J connectivity index is 1.86. The van der Waals surface area contributed by atoms with Crippen LogP contribution in [0.4, 0.5) is 11.4 Å². The van der Waals surface area contributed by atoms with Gasteiger partial charge in [0.15, 0.2) is 9.84 Å². The van der Waals surface area contributed by atoms with Gasteiger partial charge in [0.25, 0.3) is 0 Å². The second-order valence-corrected chi connectivity index (χ2v) is 10.0. The number of carbonyl (C=O) groups is 2. The van der Waals surface area contributed by atoms with Crippen molar-refractivity contribution < 1.29 is 27.5 Å². The molecule has 0 radical (unpaired) electrons. The van der Waals surface area contributed by atoms with E-state index in [1.165, 1.54) is 17.0 Å². The van der Waals surface area contributed by atoms with Crippen LogP contribution in [0.3, 0.4) is 0 Å². The van der Waals surface area contributed by atoms with E-state index < -0.39 is 33.7 Å². The zero-order valence-electron chi connectivity index (χ0n) is 17.0. The molecule has 0 bridgehead atoms. The molecule has 2 atom stereocenters. The number of nitrogens with two attached hydrogens (primary N) is 2. The molecular weight excluding hydrogens is 460 g/mol. The maximum absolute atomic E-state index is 13.1. The van der Waals surface area contributed by atoms with E-state index in [1.807, 2.05) is 0 Å². The molecular formula is C20H21ClN4O6S. The fourth-order valence-electron chi connectivity index (χ4n) is 3.46. The molecule has 12 heteroatoms. The topological polar surface area (TPSA) is 154 Å². The quantitative estimate of drug-likeness (QED) is 0.578. The highest BCUT2D eigenvalue weighted by Gasteiger charge is 2.32. The van der Waals surface area contributed by atoms with Crippen LogP contribution in [0.15, 0.2) is 35.2 Å². The number of halogens is 1. The Morgan fingerprint density at radius 1 is 1.12 bits per heavy atom. The molecule has 170 valence electrons. The van der Waals surface area contributed by atoms with Gasteiger partial charge in [-0.1, -0.05) is 11.6 Å². The van der Waals surface area contributed by atoms with Gasteiger partial charge in [-0.2, -0.15) is 0 Å². The summed E-state index contributed by atoms with van der Waals surface area (Å²) in [6.45, 7) is -0.268. The number of fused-ring (bicyclic) bond motifs is 2. The molecule has 0 saturated heterocycles. The second-order valence-electron chi connectivity index (χ2n) is 7.59. The zero-order valence-corrected chi connectivity index (χ0v) is 18.6. The normalized spacial score (nSPS) is 20.8. The van der Waals surface area contributed by atoms with E-state index in [4.69, 9.17) is 32.5 Å². The summed E-state index contributed by atoms with van der Waals surface area (Å²) in [5, 5.41) is 2.97. The predicted molar refractivity (Wildman–Crippen MR) is 118 cm³/mol. The van der Waals surface area contributed by atoms with Gasteiger partial charge in [-0.25, -0.2) is 8.42 Å². The first-order valence-electron chi connectivity index (χ1n) is 9.60. The van der Waals surface area contributed by atoms with Crippen molar-refractivity contribution in [3.05, 3.63) is 40.9 Å². The third-order valence-corrected chi connectivity index (χ3v) is 6.44. The molecule has 32 heavy (non-hydrogen) atoms. The van der Waals surface area contributed by atoms with Crippen molar-refractivity contribution in [2.45, 2.75) is 23.5 Å². The highest BCUT2D eigenvalue weighted by atomic mass is 35.5. The maximum Gasteiger partial charge on any atom is 0.247 e. The van der Waals surface area contributed by atoms with Gasteiger partial charge in [0, 0.05) is 16.8 Å². The minimum absolute atomic E-state index is 0.0349. The zero-order chi connectivity index (χ0) is 23.2. The van der Waals surface area contributed by atoms with Crippen LogP contribution >= 0.6 is 11.6 Å². The van der Waals surface area contributed by atoms with Crippen LogP contribution in [0.25, 0.3) is 0 Å². The summed E-state index contributed by atoms with van der Waals surface area (Å²) in [6, 6.07) is 5.60. The summed E-state index contributed by atoms with van der Waals surface area (Å²) >= 11 is 6.15. The molecule has 0 fully saturated rings. The molecule has 10 nitrogen and oxygen atoms in total. The van der Waals surface area contributed by atoms with Crippen molar-refractivity contribution in [1.82, 2.24) is 0 Å². The molecule has 0 unspecified atom stereocenters. The van der Waals surface area contributed by atoms with Gasteiger partial charge in [-0.3, -0.25) is 9.59 Å². The molecule has 0 spiro atoms. The molecule has 2 aromatic carbocycles. The summed E-state index contributed by atoms with van der Waals surface area (Å²) < 4.78 is 36.0. The van der Waals surface area contributed by atoms with Crippen molar-refractivity contribution in [3.8, 4) is 11.5 Å². The number of nitrogens with zero attached hydrogens (tertiary/aromatic N) is 1. The van der Waals surface area contributed by atoms with Crippen LogP contribution in [0.2, 0.25) is 5.02 Å². The van der Waals surface area contributed by atoms with E-state index >= 15 is 0 Å². The first-order valence-corrected chi connectivity index (χ1v) is 11.9. The molecule has 2 aliphatic heterocycles. The van der Waals surface area contributed by atoms with E-state index in [1.54, 1.807) is 18.2 Å². The fraction of sp³-hybridized carbons (Fsp3) is 0.300. The Labute approximate surface area is 189 Å². The van der Waals surface area contributed by atoms with E-state index in [2.05, 4.69) is 5.32 Å². The molecule has 0 aliphatic carbocycles. The molecule has 0 aromatic heterocycles. The Morgan fingerprint density at radius 2 is 1.84 bits per heavy atom. The summed E-state index contributed by atoms with van der Waals surface area (Å²) in [4.78, 5) is 26.6. The monoisotopic (exact) mass is 480 g/mol. The van der Waals surface area contributed by atoms with E-state index in [9.17, 15) is 18.0 Å². The SMILES string of the molecule is CS(=O)(=O)c1cc(CN2C(=O)[C@@H](N)COc3ccc(Cl)cc32)c2c(c1)NC(=O)[C@@H](N)CO2. The number of benzene rings is 2. The number of sulfone groups is 1. The lowest BCUT2D eigenvalue weighted by molar-refractivity contribution is -0.120. The lowest BCUT2D eigenvalue weighted by atomic mass is 10.1. The first-order chi connectivity index (χ1) is 15.0. The van der Waals surface area contributed by atoms with Crippen molar-refractivity contribution >= 4 is 44.6 Å². The van der Waals surface area contributed by atoms with Gasteiger partial charge in [0.1, 0.15) is 36.8 Å². The van der Waals surface area contributed by atoms with Gasteiger partial charge in [0.2, 0.25) is 11.8 Å². The van der Waals surface area contributed by atoms with Crippen molar-refractivity contribution in [1.29, 1.82) is 0 Å². The van der Waals surface area contributed by atoms with Crippen LogP contribution in [0, 0.1) is 0 Å². The van der Waals surface area contributed by atoms with E-state index in [-0.39, 0.29) is 36.1 Å². The molecule has 2 amide bonds. The third kappa shape index (κ3) is 4.24. The van der Waals surface area contributed by atoms with Crippen LogP contribution in [0.1, 0.15) is 5.56 Å². The van der Waals surface area contributed by atoms with Crippen LogP contribution in [0.5, 0.6) is 11.5 Å². The van der Waals surface area contributed by atoms with Crippen molar-refractivity contribution in [2.75, 3.05) is 29.7 Å². The minimum Gasteiger partial charge on any atom is -0.489 e. The maximum atomic E-state index is 13.1. The first kappa shape index (κ1) is 22.3. The lowest BCUT2D eigenvalue weighted by Crippen LogP contribution is -2.45. The Kier molecular flexibility index (Phi) is 5.76. The number of nitrogens with one attached hydrogen (secondary N) is 1. The predicted octanol–water partition coefficient (Wildman–Crippen LogP) is 0.655. The number of anilines is 2. The van der Waals surface area contributed by atoms with Gasteiger partial charge < -0.3 is 31.2 Å². The lowest BCUT2D eigenvalue weighted by Gasteiger charge is -2.25. The summed E-state index contributed by atoms with van der Waals surface area (Å²) in [6.07, 6.45) is 1.04. The summed E-state index contributed by atoms with van der Waals surface area (Å²) in [7, 11) is -3.65. The van der Waals surface area contributed by atoms with Crippen LogP contribution in [-0.4, -0.2) is 51.8 Å². The van der Waals surface area contributed by atoms with Gasteiger partial charge in [-0.05, 0) is 30.3 Å². The molecule has 2 aromatic rings. The number of carbonyl (C=O) groups excluding carboxylic acids is 2. The van der Waals surface area contributed by atoms with Gasteiger partial charge in [0.05, 0.1) is 22.8 Å². The molecule has 2 aliphatic rings. The summed E-state index contributed by atoms with van der Waals surface area (Å²) in [5.74, 6) is -0.344. The van der Waals surface area contributed by atoms with Crippen LogP contribution in [-0.2, 0) is 26.0 Å². The molecule has 2 heterocycles. The average Bonchev–Trinajstić information content (AvgIpc) is 2.94. The number of hydrogen-bond donors (Lipinski definition) is 3. The number of ether oxygens (including phenoxy) is 2. The summed E-state index contributed by atoms with van der Waals surface area (Å²) in [5.41, 5.74) is 12.6. The van der Waals surface area contributed by atoms with Gasteiger partial charge >= 0.3 is 0 Å². The molecule has 4 rings (SSSR count). The highest BCUT2D eigenvalue weighted by Crippen LogP contribution is 2.39. The van der Waals surface area contributed by atoms with Crippen molar-refractivity contribution in [2.24, 2.45) is 11.5 Å². The second kappa shape index (κ2) is 8.24. The standard InChI is InChI=1S/C20H21ClN4O6S/c1-32(28,29)12-4-10(18-15(6-12)24-19(26)13(22)8-31-18)7-25-16-5-11(21)2-3-17(16)30-9-14(23)20(25)27/h2-6,13-14H,7-9,22-23H2,1H3,(H,24,26)/t13-,14-/m0/s1. The smallest absolute Gasteiger partial charge is 0.247 e. The van der Waals surface area contributed by atoms with Crippen molar-refractivity contribution in [3.63, 3.8) is 0 Å². The number of hydrogen-bond acceptors (Lipinski definition) is 8. The molecule has 5 N–H and O–H groups in total. The average molecular weight is 481 g/mol. The Bertz CT molecular complexity index is 1220. The number of rotatable bonds is 3. The minimum atomic E-state index is -3.65. The number of amides is 2. The fourth-order valence-corrected chi connectivity index (χ4v) is 4.31. The Morgan fingerprint density at radius 3 is 2.56 bits per heavy atom. The molecule has 0 saturated carbocycles. The largest absolute Gasteiger partial charge is 0.489 e.